The van der Waals surface area contributed by atoms with E-state index in [2.05, 4.69) is 4.90 Å². The van der Waals surface area contributed by atoms with Crippen molar-refractivity contribution in [2.75, 3.05) is 13.1 Å². The molecule has 2 aliphatic heterocycles. The van der Waals surface area contributed by atoms with Crippen molar-refractivity contribution >= 4 is 11.9 Å². The van der Waals surface area contributed by atoms with Crippen LogP contribution in [0.2, 0.25) is 0 Å². The van der Waals surface area contributed by atoms with Crippen molar-refractivity contribution in [1.29, 1.82) is 0 Å². The van der Waals surface area contributed by atoms with Crippen molar-refractivity contribution in [3.63, 3.8) is 0 Å². The van der Waals surface area contributed by atoms with Gasteiger partial charge in [-0.3, -0.25) is 9.69 Å². The summed E-state index contributed by atoms with van der Waals surface area (Å²) in [6.45, 7) is 2.52. The number of likely N-dealkylation sites (tertiary alicyclic amines) is 1. The van der Waals surface area contributed by atoms with Crippen LogP contribution in [-0.4, -0.2) is 28.9 Å². The summed E-state index contributed by atoms with van der Waals surface area (Å²) in [5, 5.41) is 10.2. The topological polar surface area (TPSA) is 49.8 Å². The number of hydrogen-bond acceptors (Lipinski definition) is 4. The normalized spacial score (nSPS) is 18.6. The number of phenolic OH excluding ortho intramolecular Hbond substituents is 1. The molecule has 1 fully saturated rings. The zero-order valence-corrected chi connectivity index (χ0v) is 13.7. The number of rotatable bonds is 3. The van der Waals surface area contributed by atoms with Crippen molar-refractivity contribution in [1.82, 2.24) is 4.90 Å². The fourth-order valence-corrected chi connectivity index (χ4v) is 3.32. The maximum Gasteiger partial charge on any atom is 0.231 e. The average Bonchev–Trinajstić information content (AvgIpc) is 3.22. The summed E-state index contributed by atoms with van der Waals surface area (Å²) in [5.41, 5.74) is 1.79. The van der Waals surface area contributed by atoms with Gasteiger partial charge in [0.25, 0.3) is 0 Å². The van der Waals surface area contributed by atoms with Gasteiger partial charge in [-0.25, -0.2) is 4.39 Å². The van der Waals surface area contributed by atoms with E-state index in [4.69, 9.17) is 4.74 Å². The van der Waals surface area contributed by atoms with Crippen molar-refractivity contribution in [2.24, 2.45) is 0 Å². The lowest BCUT2D eigenvalue weighted by atomic mass is 10.0. The smallest absolute Gasteiger partial charge is 0.231 e. The standard InChI is InChI=1S/C20H18FNO3/c21-14-5-3-13(4-6-14)11-18-19(24)15-7-8-17(23)16(20(15)25-18)12-22-9-1-2-10-22/h3-8,11,23H,1-2,9-10,12H2/b18-11+. The molecule has 1 saturated heterocycles. The second-order valence-corrected chi connectivity index (χ2v) is 6.41. The highest BCUT2D eigenvalue weighted by molar-refractivity contribution is 6.15. The Morgan fingerprint density at radius 1 is 1.12 bits per heavy atom. The number of phenols is 1. The Labute approximate surface area is 145 Å². The Hall–Kier alpha value is -2.66. The minimum absolute atomic E-state index is 0.140. The second kappa shape index (κ2) is 6.33. The van der Waals surface area contributed by atoms with Crippen LogP contribution in [0, 0.1) is 5.82 Å². The van der Waals surface area contributed by atoms with Crippen LogP contribution in [0.15, 0.2) is 42.2 Å². The van der Waals surface area contributed by atoms with Gasteiger partial charge in [-0.2, -0.15) is 0 Å². The molecule has 2 heterocycles. The number of nitrogens with zero attached hydrogens (tertiary/aromatic N) is 1. The molecule has 0 aliphatic carbocycles. The Bertz CT molecular complexity index is 852. The molecular formula is C20H18FNO3. The van der Waals surface area contributed by atoms with Crippen molar-refractivity contribution in [2.45, 2.75) is 19.4 Å². The molecule has 0 amide bonds. The van der Waals surface area contributed by atoms with Crippen LogP contribution < -0.4 is 4.74 Å². The Morgan fingerprint density at radius 2 is 1.84 bits per heavy atom. The van der Waals surface area contributed by atoms with Crippen LogP contribution >= 0.6 is 0 Å². The van der Waals surface area contributed by atoms with Gasteiger partial charge in [0.2, 0.25) is 5.78 Å². The number of benzene rings is 2. The number of carbonyl (C=O) groups excluding carboxylic acids is 1. The third kappa shape index (κ3) is 3.03. The number of Topliss-reactive ketones (excluding diaryl/α,β-unsaturated/α-hetero) is 1. The monoisotopic (exact) mass is 339 g/mol. The van der Waals surface area contributed by atoms with E-state index in [-0.39, 0.29) is 23.1 Å². The molecule has 2 aliphatic rings. The van der Waals surface area contributed by atoms with Crippen molar-refractivity contribution < 1.29 is 19.0 Å². The molecule has 0 saturated carbocycles. The van der Waals surface area contributed by atoms with Crippen molar-refractivity contribution in [3.05, 3.63) is 64.7 Å². The number of hydrogen-bond donors (Lipinski definition) is 1. The van der Waals surface area contributed by atoms with Crippen LogP contribution in [0.25, 0.3) is 6.08 Å². The van der Waals surface area contributed by atoms with Gasteiger partial charge in [0, 0.05) is 6.54 Å². The van der Waals surface area contributed by atoms with E-state index in [0.29, 0.717) is 29.0 Å². The minimum atomic E-state index is -0.332. The van der Waals surface area contributed by atoms with Gasteiger partial charge in [-0.15, -0.1) is 0 Å². The summed E-state index contributed by atoms with van der Waals surface area (Å²) >= 11 is 0. The molecule has 2 aromatic rings. The van der Waals surface area contributed by atoms with E-state index in [0.717, 1.165) is 25.9 Å². The highest BCUT2D eigenvalue weighted by Crippen LogP contribution is 2.40. The lowest BCUT2D eigenvalue weighted by molar-refractivity contribution is 0.101. The molecule has 2 aromatic carbocycles. The number of allylic oxidation sites excluding steroid dienone is 1. The van der Waals surface area contributed by atoms with Crippen LogP contribution in [-0.2, 0) is 6.54 Å². The lowest BCUT2D eigenvalue weighted by Gasteiger charge is -2.17. The predicted octanol–water partition coefficient (Wildman–Crippen LogP) is 3.74. The summed E-state index contributed by atoms with van der Waals surface area (Å²) in [5.74, 6) is 0.213. The Balaban J connectivity index is 1.67. The number of ketones is 1. The Morgan fingerprint density at radius 3 is 2.56 bits per heavy atom. The molecule has 0 aromatic heterocycles. The SMILES string of the molecule is O=C1/C(=C\c2ccc(F)cc2)Oc2c1ccc(O)c2CN1CCCC1. The fourth-order valence-electron chi connectivity index (χ4n) is 3.32. The number of carbonyl (C=O) groups is 1. The predicted molar refractivity (Wildman–Crippen MR) is 92.0 cm³/mol. The van der Waals surface area contributed by atoms with Gasteiger partial charge in [-0.05, 0) is 61.8 Å². The summed E-state index contributed by atoms with van der Waals surface area (Å²) in [7, 11) is 0. The van der Waals surface area contributed by atoms with Gasteiger partial charge < -0.3 is 9.84 Å². The molecule has 4 nitrogen and oxygen atoms in total. The molecule has 0 spiro atoms. The molecule has 0 radical (unpaired) electrons. The maximum absolute atomic E-state index is 13.0. The summed E-state index contributed by atoms with van der Waals surface area (Å²) in [6.07, 6.45) is 3.88. The lowest BCUT2D eigenvalue weighted by Crippen LogP contribution is -2.18. The second-order valence-electron chi connectivity index (χ2n) is 6.41. The zero-order chi connectivity index (χ0) is 17.4. The molecule has 128 valence electrons. The summed E-state index contributed by atoms with van der Waals surface area (Å²) in [6, 6.07) is 8.99. The van der Waals surface area contributed by atoms with E-state index in [1.54, 1.807) is 30.3 Å². The number of halogens is 1. The van der Waals surface area contributed by atoms with E-state index in [1.165, 1.54) is 12.1 Å². The highest BCUT2D eigenvalue weighted by Gasteiger charge is 2.31. The maximum atomic E-state index is 13.0. The number of fused-ring (bicyclic) bond motifs is 1. The summed E-state index contributed by atoms with van der Waals surface area (Å²) in [4.78, 5) is 14.8. The first-order chi connectivity index (χ1) is 12.1. The van der Waals surface area contributed by atoms with Gasteiger partial charge in [0.15, 0.2) is 5.76 Å². The highest BCUT2D eigenvalue weighted by atomic mass is 19.1. The van der Waals surface area contributed by atoms with E-state index in [9.17, 15) is 14.3 Å². The molecule has 25 heavy (non-hydrogen) atoms. The van der Waals surface area contributed by atoms with Crippen LogP contribution in [0.3, 0.4) is 0 Å². The minimum Gasteiger partial charge on any atom is -0.507 e. The fraction of sp³-hybridized carbons (Fsp3) is 0.250. The number of ether oxygens (including phenoxy) is 1. The molecule has 0 atom stereocenters. The van der Waals surface area contributed by atoms with Gasteiger partial charge >= 0.3 is 0 Å². The first-order valence-electron chi connectivity index (χ1n) is 8.39. The zero-order valence-electron chi connectivity index (χ0n) is 13.7. The van der Waals surface area contributed by atoms with Gasteiger partial charge in [-0.1, -0.05) is 12.1 Å². The summed E-state index contributed by atoms with van der Waals surface area (Å²) < 4.78 is 18.8. The molecule has 4 rings (SSSR count). The third-order valence-electron chi connectivity index (χ3n) is 4.66. The quantitative estimate of drug-likeness (QED) is 0.866. The Kier molecular flexibility index (Phi) is 4.01. The van der Waals surface area contributed by atoms with Crippen LogP contribution in [0.1, 0.15) is 34.3 Å². The van der Waals surface area contributed by atoms with E-state index >= 15 is 0 Å². The number of aromatic hydroxyl groups is 1. The van der Waals surface area contributed by atoms with Crippen LogP contribution in [0.5, 0.6) is 11.5 Å². The van der Waals surface area contributed by atoms with Gasteiger partial charge in [0.1, 0.15) is 17.3 Å². The van der Waals surface area contributed by atoms with Crippen LogP contribution in [0.4, 0.5) is 4.39 Å². The molecular weight excluding hydrogens is 321 g/mol. The largest absolute Gasteiger partial charge is 0.507 e. The molecule has 0 unspecified atom stereocenters. The van der Waals surface area contributed by atoms with E-state index in [1.807, 2.05) is 0 Å². The van der Waals surface area contributed by atoms with Crippen molar-refractivity contribution in [3.8, 4) is 11.5 Å². The molecule has 5 heteroatoms. The van der Waals surface area contributed by atoms with Gasteiger partial charge in [0.05, 0.1) is 11.1 Å². The average molecular weight is 339 g/mol. The third-order valence-corrected chi connectivity index (χ3v) is 4.66. The first-order valence-corrected chi connectivity index (χ1v) is 8.39. The first kappa shape index (κ1) is 15.8. The molecule has 1 N–H and O–H groups in total. The van der Waals surface area contributed by atoms with E-state index < -0.39 is 0 Å². The molecule has 0 bridgehead atoms.